The first-order valence-electron chi connectivity index (χ1n) is 10.4. The molecule has 0 radical (unpaired) electrons. The van der Waals surface area contributed by atoms with Crippen molar-refractivity contribution in [1.29, 1.82) is 0 Å². The van der Waals surface area contributed by atoms with E-state index < -0.39 is 0 Å². The number of benzene rings is 2. The van der Waals surface area contributed by atoms with Gasteiger partial charge in [-0.25, -0.2) is 0 Å². The average molecular weight is 433 g/mol. The van der Waals surface area contributed by atoms with Gasteiger partial charge in [-0.3, -0.25) is 9.69 Å². The number of hydrogen-bond donors (Lipinski definition) is 1. The summed E-state index contributed by atoms with van der Waals surface area (Å²) in [5, 5.41) is 4.68. The van der Waals surface area contributed by atoms with E-state index in [9.17, 15) is 4.79 Å². The van der Waals surface area contributed by atoms with Crippen LogP contribution in [-0.4, -0.2) is 23.9 Å². The molecule has 1 saturated heterocycles. The lowest BCUT2D eigenvalue weighted by Gasteiger charge is -2.32. The number of carbonyl (C=O) groups is 1. The standard InChI is InChI=1S/C24H30Cl2N2O/c1-17(2)14-23(18-6-4-3-5-7-18)27-24(29)19-10-12-28(13-11-19)16-20-8-9-21(25)15-22(20)26/h3-9,15,17,19,23H,10-14,16H2,1-2H3,(H,27,29)/t23-/m1/s1. The predicted molar refractivity (Wildman–Crippen MR) is 121 cm³/mol. The molecule has 1 fully saturated rings. The fourth-order valence-corrected chi connectivity index (χ4v) is 4.44. The number of hydrogen-bond acceptors (Lipinski definition) is 2. The van der Waals surface area contributed by atoms with Gasteiger partial charge in [0.1, 0.15) is 0 Å². The number of piperidine rings is 1. The number of rotatable bonds is 7. The maximum Gasteiger partial charge on any atom is 0.223 e. The molecular weight excluding hydrogens is 403 g/mol. The molecule has 156 valence electrons. The van der Waals surface area contributed by atoms with Crippen LogP contribution in [0.3, 0.4) is 0 Å². The minimum Gasteiger partial charge on any atom is -0.349 e. The van der Waals surface area contributed by atoms with Crippen molar-refractivity contribution in [3.8, 4) is 0 Å². The summed E-state index contributed by atoms with van der Waals surface area (Å²) >= 11 is 12.3. The van der Waals surface area contributed by atoms with Gasteiger partial charge >= 0.3 is 0 Å². The first kappa shape index (κ1) is 22.1. The number of carbonyl (C=O) groups excluding carboxylic acids is 1. The van der Waals surface area contributed by atoms with Crippen LogP contribution >= 0.6 is 23.2 Å². The monoisotopic (exact) mass is 432 g/mol. The molecule has 3 nitrogen and oxygen atoms in total. The second-order valence-electron chi connectivity index (χ2n) is 8.39. The molecule has 2 aromatic carbocycles. The van der Waals surface area contributed by atoms with E-state index in [2.05, 4.69) is 36.2 Å². The summed E-state index contributed by atoms with van der Waals surface area (Å²) in [6, 6.07) is 16.0. The Morgan fingerprint density at radius 3 is 2.41 bits per heavy atom. The lowest BCUT2D eigenvalue weighted by molar-refractivity contribution is -0.127. The van der Waals surface area contributed by atoms with Crippen LogP contribution in [0.5, 0.6) is 0 Å². The average Bonchev–Trinajstić information content (AvgIpc) is 2.70. The molecule has 1 amide bonds. The summed E-state index contributed by atoms with van der Waals surface area (Å²) in [5.74, 6) is 0.778. The molecule has 0 spiro atoms. The molecular formula is C24H30Cl2N2O. The molecule has 5 heteroatoms. The minimum absolute atomic E-state index is 0.0744. The van der Waals surface area contributed by atoms with Crippen LogP contribution in [0.4, 0.5) is 0 Å². The Morgan fingerprint density at radius 1 is 1.10 bits per heavy atom. The molecule has 1 aliphatic rings. The number of amides is 1. The Morgan fingerprint density at radius 2 is 1.79 bits per heavy atom. The highest BCUT2D eigenvalue weighted by Gasteiger charge is 2.27. The second-order valence-corrected chi connectivity index (χ2v) is 9.23. The van der Waals surface area contributed by atoms with E-state index in [1.807, 2.05) is 30.3 Å². The van der Waals surface area contributed by atoms with Gasteiger partial charge in [-0.1, -0.05) is 73.4 Å². The molecule has 1 heterocycles. The third kappa shape index (κ3) is 6.47. The number of halogens is 2. The Balaban J connectivity index is 1.54. The van der Waals surface area contributed by atoms with E-state index in [1.54, 1.807) is 6.07 Å². The van der Waals surface area contributed by atoms with E-state index in [-0.39, 0.29) is 17.9 Å². The van der Waals surface area contributed by atoms with Gasteiger partial charge in [0, 0.05) is 22.5 Å². The second kappa shape index (κ2) is 10.5. The summed E-state index contributed by atoms with van der Waals surface area (Å²) in [5.41, 5.74) is 2.27. The molecule has 0 unspecified atom stereocenters. The highest BCUT2D eigenvalue weighted by Crippen LogP contribution is 2.26. The summed E-state index contributed by atoms with van der Waals surface area (Å²) in [4.78, 5) is 15.3. The Kier molecular flexibility index (Phi) is 7.99. The zero-order chi connectivity index (χ0) is 20.8. The van der Waals surface area contributed by atoms with E-state index in [0.717, 1.165) is 44.5 Å². The van der Waals surface area contributed by atoms with Gasteiger partial charge in [0.15, 0.2) is 0 Å². The van der Waals surface area contributed by atoms with Gasteiger partial charge in [-0.05, 0) is 61.5 Å². The van der Waals surface area contributed by atoms with Crippen LogP contribution < -0.4 is 5.32 Å². The number of nitrogens with one attached hydrogen (secondary N) is 1. The van der Waals surface area contributed by atoms with Crippen molar-refractivity contribution < 1.29 is 4.79 Å². The smallest absolute Gasteiger partial charge is 0.223 e. The van der Waals surface area contributed by atoms with Crippen molar-refractivity contribution >= 4 is 29.1 Å². The van der Waals surface area contributed by atoms with Gasteiger partial charge in [0.2, 0.25) is 5.91 Å². The fraction of sp³-hybridized carbons (Fsp3) is 0.458. The number of nitrogens with zero attached hydrogens (tertiary/aromatic N) is 1. The van der Waals surface area contributed by atoms with Crippen molar-refractivity contribution in [2.45, 2.75) is 45.7 Å². The van der Waals surface area contributed by atoms with E-state index in [4.69, 9.17) is 23.2 Å². The Hall–Kier alpha value is -1.55. The van der Waals surface area contributed by atoms with Crippen molar-refractivity contribution in [3.05, 3.63) is 69.7 Å². The van der Waals surface area contributed by atoms with Crippen LogP contribution in [0.2, 0.25) is 10.0 Å². The van der Waals surface area contributed by atoms with Gasteiger partial charge in [-0.2, -0.15) is 0 Å². The molecule has 0 aromatic heterocycles. The Bertz CT molecular complexity index is 802. The summed E-state index contributed by atoms with van der Waals surface area (Å²) < 4.78 is 0. The first-order chi connectivity index (χ1) is 13.9. The van der Waals surface area contributed by atoms with Gasteiger partial charge in [0.05, 0.1) is 6.04 Å². The third-order valence-electron chi connectivity index (χ3n) is 5.59. The van der Waals surface area contributed by atoms with Crippen LogP contribution in [0.25, 0.3) is 0 Å². The van der Waals surface area contributed by atoms with E-state index in [1.165, 1.54) is 5.56 Å². The van der Waals surface area contributed by atoms with E-state index >= 15 is 0 Å². The maximum absolute atomic E-state index is 13.0. The normalized spacial score (nSPS) is 16.7. The lowest BCUT2D eigenvalue weighted by atomic mass is 9.92. The zero-order valence-electron chi connectivity index (χ0n) is 17.2. The predicted octanol–water partition coefficient (Wildman–Crippen LogP) is 6.11. The fourth-order valence-electron chi connectivity index (χ4n) is 3.97. The SMILES string of the molecule is CC(C)C[C@@H](NC(=O)C1CCN(Cc2ccc(Cl)cc2Cl)CC1)c1ccccc1. The van der Waals surface area contributed by atoms with Crippen LogP contribution in [0.1, 0.15) is 50.3 Å². The quantitative estimate of drug-likeness (QED) is 0.572. The van der Waals surface area contributed by atoms with Gasteiger partial charge in [-0.15, -0.1) is 0 Å². The summed E-state index contributed by atoms with van der Waals surface area (Å²) in [6.07, 6.45) is 2.70. The van der Waals surface area contributed by atoms with Crippen LogP contribution in [0, 0.1) is 11.8 Å². The Labute approximate surface area is 184 Å². The van der Waals surface area contributed by atoms with Crippen molar-refractivity contribution in [3.63, 3.8) is 0 Å². The summed E-state index contributed by atoms with van der Waals surface area (Å²) in [6.45, 7) is 6.99. The highest BCUT2D eigenvalue weighted by molar-refractivity contribution is 6.35. The molecule has 0 aliphatic carbocycles. The molecule has 29 heavy (non-hydrogen) atoms. The molecule has 1 atom stereocenters. The van der Waals surface area contributed by atoms with Crippen molar-refractivity contribution in [2.24, 2.45) is 11.8 Å². The minimum atomic E-state index is 0.0744. The topological polar surface area (TPSA) is 32.3 Å². The number of likely N-dealkylation sites (tertiary alicyclic amines) is 1. The first-order valence-corrected chi connectivity index (χ1v) is 11.2. The molecule has 0 bridgehead atoms. The maximum atomic E-state index is 13.0. The molecule has 3 rings (SSSR count). The molecule has 1 N–H and O–H groups in total. The van der Waals surface area contributed by atoms with Crippen molar-refractivity contribution in [2.75, 3.05) is 13.1 Å². The van der Waals surface area contributed by atoms with Gasteiger partial charge < -0.3 is 5.32 Å². The van der Waals surface area contributed by atoms with Gasteiger partial charge in [0.25, 0.3) is 0 Å². The van der Waals surface area contributed by atoms with E-state index in [0.29, 0.717) is 16.0 Å². The molecule has 2 aromatic rings. The lowest BCUT2D eigenvalue weighted by Crippen LogP contribution is -2.41. The van der Waals surface area contributed by atoms with Crippen LogP contribution in [-0.2, 0) is 11.3 Å². The van der Waals surface area contributed by atoms with Crippen LogP contribution in [0.15, 0.2) is 48.5 Å². The van der Waals surface area contributed by atoms with Crippen molar-refractivity contribution in [1.82, 2.24) is 10.2 Å². The molecule has 0 saturated carbocycles. The summed E-state index contributed by atoms with van der Waals surface area (Å²) in [7, 11) is 0. The highest BCUT2D eigenvalue weighted by atomic mass is 35.5. The molecule has 1 aliphatic heterocycles. The third-order valence-corrected chi connectivity index (χ3v) is 6.18. The largest absolute Gasteiger partial charge is 0.349 e. The zero-order valence-corrected chi connectivity index (χ0v) is 18.7.